The Bertz CT molecular complexity index is 1110. The van der Waals surface area contributed by atoms with Gasteiger partial charge in [0.25, 0.3) is 0 Å². The second-order valence-corrected chi connectivity index (χ2v) is 9.27. The molecule has 0 aliphatic rings. The Kier molecular flexibility index (Phi) is 9.76. The predicted molar refractivity (Wildman–Crippen MR) is 132 cm³/mol. The van der Waals surface area contributed by atoms with Gasteiger partial charge in [0.15, 0.2) is 5.75 Å². The van der Waals surface area contributed by atoms with E-state index in [2.05, 4.69) is 6.58 Å². The summed E-state index contributed by atoms with van der Waals surface area (Å²) < 4.78 is 44.0. The number of likely N-dealkylation sites (N-methyl/N-ethyl adjacent to an activating group) is 2. The lowest BCUT2D eigenvalue weighted by molar-refractivity contribution is -0.161. The smallest absolute Gasteiger partial charge is 0.409 e. The SMILES string of the molecule is C=CC[C@@](CN(C)C(=O)CC(F)(F)F)(c1ccc(Cl)c(Cl)c1)N(C)C(=O)Oc1cccc(Cl)c1Cl. The summed E-state index contributed by atoms with van der Waals surface area (Å²) in [6.07, 6.45) is -5.81. The zero-order chi connectivity index (χ0) is 26.6. The van der Waals surface area contributed by atoms with Crippen molar-refractivity contribution in [2.45, 2.75) is 24.6 Å². The van der Waals surface area contributed by atoms with Gasteiger partial charge >= 0.3 is 12.3 Å². The summed E-state index contributed by atoms with van der Waals surface area (Å²) in [7, 11) is 2.57. The van der Waals surface area contributed by atoms with Gasteiger partial charge in [-0.2, -0.15) is 13.2 Å². The van der Waals surface area contributed by atoms with E-state index in [0.29, 0.717) is 5.56 Å². The normalized spacial score (nSPS) is 13.1. The van der Waals surface area contributed by atoms with E-state index in [1.165, 1.54) is 50.5 Å². The van der Waals surface area contributed by atoms with Crippen molar-refractivity contribution in [2.75, 3.05) is 20.6 Å². The van der Waals surface area contributed by atoms with E-state index in [4.69, 9.17) is 51.1 Å². The maximum atomic E-state index is 13.2. The van der Waals surface area contributed by atoms with Crippen LogP contribution in [0.4, 0.5) is 18.0 Å². The van der Waals surface area contributed by atoms with Crippen LogP contribution in [0.15, 0.2) is 49.1 Å². The van der Waals surface area contributed by atoms with E-state index in [1.54, 1.807) is 6.07 Å². The first-order valence-electron chi connectivity index (χ1n) is 9.98. The second kappa shape index (κ2) is 11.7. The van der Waals surface area contributed by atoms with Crippen LogP contribution < -0.4 is 4.74 Å². The van der Waals surface area contributed by atoms with Crippen molar-refractivity contribution in [3.63, 3.8) is 0 Å². The highest BCUT2D eigenvalue weighted by molar-refractivity contribution is 6.43. The van der Waals surface area contributed by atoms with Crippen LogP contribution in [0, 0.1) is 0 Å². The molecule has 0 unspecified atom stereocenters. The minimum absolute atomic E-state index is 0.00255. The molecule has 2 aromatic carbocycles. The molecule has 0 saturated carbocycles. The Hall–Kier alpha value is -2.13. The van der Waals surface area contributed by atoms with Gasteiger partial charge in [-0.15, -0.1) is 6.58 Å². The molecule has 2 aromatic rings. The van der Waals surface area contributed by atoms with Gasteiger partial charge < -0.3 is 9.64 Å². The third kappa shape index (κ3) is 7.19. The van der Waals surface area contributed by atoms with Crippen LogP contribution in [0.25, 0.3) is 0 Å². The number of carbonyl (C=O) groups excluding carboxylic acids is 2. The molecule has 0 aliphatic carbocycles. The van der Waals surface area contributed by atoms with Crippen LogP contribution in [0.5, 0.6) is 5.75 Å². The van der Waals surface area contributed by atoms with E-state index < -0.39 is 30.1 Å². The van der Waals surface area contributed by atoms with Crippen molar-refractivity contribution < 1.29 is 27.5 Å². The van der Waals surface area contributed by atoms with Crippen LogP contribution in [-0.2, 0) is 10.3 Å². The molecule has 0 aliphatic heterocycles. The first-order chi connectivity index (χ1) is 16.2. The summed E-state index contributed by atoms with van der Waals surface area (Å²) in [5.41, 5.74) is -1.05. The zero-order valence-corrected chi connectivity index (χ0v) is 21.7. The molecule has 0 saturated heterocycles. The molecule has 1 atom stereocenters. The third-order valence-corrected chi connectivity index (χ3v) is 6.79. The molecular formula is C23H21Cl4F3N2O3. The number of benzene rings is 2. The lowest BCUT2D eigenvalue weighted by Gasteiger charge is -2.43. The van der Waals surface area contributed by atoms with Crippen molar-refractivity contribution >= 4 is 58.4 Å². The Labute approximate surface area is 220 Å². The summed E-state index contributed by atoms with van der Waals surface area (Å²) in [5.74, 6) is -1.22. The molecule has 0 N–H and O–H groups in total. The van der Waals surface area contributed by atoms with Crippen LogP contribution in [0.1, 0.15) is 18.4 Å². The van der Waals surface area contributed by atoms with Gasteiger partial charge in [0, 0.05) is 20.6 Å². The molecule has 0 spiro atoms. The lowest BCUT2D eigenvalue weighted by Crippen LogP contribution is -2.55. The van der Waals surface area contributed by atoms with E-state index >= 15 is 0 Å². The molecule has 0 radical (unpaired) electrons. The monoisotopic (exact) mass is 570 g/mol. The molecule has 5 nitrogen and oxygen atoms in total. The number of hydrogen-bond donors (Lipinski definition) is 0. The summed E-state index contributed by atoms with van der Waals surface area (Å²) in [6, 6.07) is 8.94. The van der Waals surface area contributed by atoms with Crippen molar-refractivity contribution in [3.05, 3.63) is 74.7 Å². The standard InChI is InChI=1S/C23H21Cl4F3N2O3/c1-4-10-22(14-8-9-15(24)17(26)11-14,13-31(2)19(33)12-23(28,29)30)32(3)21(34)35-18-7-5-6-16(25)20(18)27/h4-9,11H,1,10,12-13H2,2-3H3/t22-/m1/s1. The van der Waals surface area contributed by atoms with Crippen molar-refractivity contribution in [2.24, 2.45) is 0 Å². The van der Waals surface area contributed by atoms with Crippen molar-refractivity contribution in [3.8, 4) is 5.75 Å². The number of nitrogens with zero attached hydrogens (tertiary/aromatic N) is 2. The Morgan fingerprint density at radius 3 is 2.26 bits per heavy atom. The largest absolute Gasteiger partial charge is 0.415 e. The molecule has 35 heavy (non-hydrogen) atoms. The van der Waals surface area contributed by atoms with Crippen LogP contribution >= 0.6 is 46.4 Å². The maximum absolute atomic E-state index is 13.2. The van der Waals surface area contributed by atoms with E-state index in [0.717, 1.165) is 9.80 Å². The summed E-state index contributed by atoms with van der Waals surface area (Å²) in [4.78, 5) is 27.6. The van der Waals surface area contributed by atoms with Gasteiger partial charge in [0.2, 0.25) is 5.91 Å². The van der Waals surface area contributed by atoms with Gasteiger partial charge in [-0.25, -0.2) is 4.79 Å². The van der Waals surface area contributed by atoms with E-state index in [9.17, 15) is 22.8 Å². The number of alkyl halides is 3. The number of ether oxygens (including phenoxy) is 1. The molecule has 12 heteroatoms. The Balaban J connectivity index is 2.55. The first kappa shape index (κ1) is 29.1. The minimum Gasteiger partial charge on any atom is -0.409 e. The molecule has 2 rings (SSSR count). The Morgan fingerprint density at radius 2 is 1.69 bits per heavy atom. The Morgan fingerprint density at radius 1 is 1.03 bits per heavy atom. The lowest BCUT2D eigenvalue weighted by atomic mass is 9.84. The van der Waals surface area contributed by atoms with Gasteiger partial charge in [-0.1, -0.05) is 64.6 Å². The molecule has 0 heterocycles. The average Bonchev–Trinajstić information content (AvgIpc) is 2.76. The molecule has 190 valence electrons. The maximum Gasteiger partial charge on any atom is 0.415 e. The minimum atomic E-state index is -4.70. The summed E-state index contributed by atoms with van der Waals surface area (Å²) >= 11 is 24.4. The molecule has 0 aromatic heterocycles. The topological polar surface area (TPSA) is 49.9 Å². The number of amides is 2. The summed E-state index contributed by atoms with van der Waals surface area (Å²) in [6.45, 7) is 3.37. The first-order valence-corrected chi connectivity index (χ1v) is 11.5. The molecule has 0 bridgehead atoms. The van der Waals surface area contributed by atoms with Crippen LogP contribution in [0.3, 0.4) is 0 Å². The van der Waals surface area contributed by atoms with Gasteiger partial charge in [-0.05, 0) is 36.2 Å². The fourth-order valence-corrected chi connectivity index (χ4v) is 4.05. The van der Waals surface area contributed by atoms with Gasteiger partial charge in [0.05, 0.1) is 20.6 Å². The molecule has 0 fully saturated rings. The fourth-order valence-electron chi connectivity index (χ4n) is 3.42. The van der Waals surface area contributed by atoms with E-state index in [1.807, 2.05) is 0 Å². The highest BCUT2D eigenvalue weighted by Crippen LogP contribution is 2.38. The quantitative estimate of drug-likeness (QED) is 0.306. The fraction of sp³-hybridized carbons (Fsp3) is 0.304. The number of carbonyl (C=O) groups is 2. The number of hydrogen-bond acceptors (Lipinski definition) is 3. The average molecular weight is 572 g/mol. The highest BCUT2D eigenvalue weighted by Gasteiger charge is 2.43. The summed E-state index contributed by atoms with van der Waals surface area (Å²) in [5, 5.41) is 0.512. The van der Waals surface area contributed by atoms with Crippen LogP contribution in [-0.4, -0.2) is 48.6 Å². The number of rotatable bonds is 8. The predicted octanol–water partition coefficient (Wildman–Crippen LogP) is 7.61. The van der Waals surface area contributed by atoms with Gasteiger partial charge in [-0.3, -0.25) is 9.69 Å². The van der Waals surface area contributed by atoms with Crippen molar-refractivity contribution in [1.82, 2.24) is 9.80 Å². The van der Waals surface area contributed by atoms with Crippen LogP contribution in [0.2, 0.25) is 20.1 Å². The zero-order valence-electron chi connectivity index (χ0n) is 18.6. The molecular weight excluding hydrogens is 551 g/mol. The molecule has 2 amide bonds. The third-order valence-electron chi connectivity index (χ3n) is 5.24. The van der Waals surface area contributed by atoms with Gasteiger partial charge in [0.1, 0.15) is 11.4 Å². The second-order valence-electron chi connectivity index (χ2n) is 7.67. The van der Waals surface area contributed by atoms with Crippen molar-refractivity contribution in [1.29, 1.82) is 0 Å². The van der Waals surface area contributed by atoms with E-state index in [-0.39, 0.29) is 38.8 Å². The number of halogens is 7. The highest BCUT2D eigenvalue weighted by atomic mass is 35.5.